The van der Waals surface area contributed by atoms with Crippen molar-refractivity contribution in [1.29, 1.82) is 0 Å². The van der Waals surface area contributed by atoms with E-state index in [1.807, 2.05) is 29.2 Å². The highest BCUT2D eigenvalue weighted by Crippen LogP contribution is 2.13. The van der Waals surface area contributed by atoms with E-state index in [1.54, 1.807) is 19.1 Å². The Bertz CT molecular complexity index is 447. The fraction of sp³-hybridized carbons (Fsp3) is 0.533. The summed E-state index contributed by atoms with van der Waals surface area (Å²) in [5.41, 5.74) is 1.07. The zero-order valence-corrected chi connectivity index (χ0v) is 12.1. The maximum Gasteiger partial charge on any atom is 0.236 e. The van der Waals surface area contributed by atoms with Crippen LogP contribution in [-0.4, -0.2) is 60.7 Å². The highest BCUT2D eigenvalue weighted by molar-refractivity contribution is 5.78. The van der Waals surface area contributed by atoms with Gasteiger partial charge < -0.3 is 14.7 Å². The van der Waals surface area contributed by atoms with E-state index >= 15 is 0 Å². The Balaban J connectivity index is 1.83. The van der Waals surface area contributed by atoms with Crippen LogP contribution in [0.4, 0.5) is 0 Å². The minimum Gasteiger partial charge on any atom is -0.497 e. The van der Waals surface area contributed by atoms with Crippen molar-refractivity contribution in [3.63, 3.8) is 0 Å². The van der Waals surface area contributed by atoms with Gasteiger partial charge in [-0.05, 0) is 24.1 Å². The van der Waals surface area contributed by atoms with E-state index in [0.717, 1.165) is 24.3 Å². The molecule has 1 aromatic rings. The summed E-state index contributed by atoms with van der Waals surface area (Å²) < 4.78 is 5.11. The average Bonchev–Trinajstić information content (AvgIpc) is 2.85. The van der Waals surface area contributed by atoms with Gasteiger partial charge in [-0.2, -0.15) is 0 Å². The molecule has 1 saturated heterocycles. The molecule has 0 radical (unpaired) electrons. The van der Waals surface area contributed by atoms with Crippen LogP contribution in [0.1, 0.15) is 12.0 Å². The van der Waals surface area contributed by atoms with Gasteiger partial charge in [-0.15, -0.1) is 0 Å². The number of carbonyl (C=O) groups excluding carboxylic acids is 1. The topological polar surface area (TPSA) is 53.0 Å². The number of amides is 1. The molecular formula is C15H22N2O3. The molecule has 5 heteroatoms. The van der Waals surface area contributed by atoms with Crippen molar-refractivity contribution in [2.24, 2.45) is 0 Å². The molecule has 0 spiro atoms. The zero-order chi connectivity index (χ0) is 14.5. The number of rotatable bonds is 5. The molecule has 0 aromatic heterocycles. The van der Waals surface area contributed by atoms with E-state index in [9.17, 15) is 9.90 Å². The van der Waals surface area contributed by atoms with Crippen LogP contribution in [-0.2, 0) is 11.3 Å². The number of β-amino-alcohol motifs (C(OH)–C–C–N with tert-alkyl or cyclic N) is 1. The Kier molecular flexibility index (Phi) is 4.98. The number of aliphatic hydroxyl groups is 1. The quantitative estimate of drug-likeness (QED) is 0.862. The molecule has 1 aliphatic heterocycles. The lowest BCUT2D eigenvalue weighted by Crippen LogP contribution is -2.37. The van der Waals surface area contributed by atoms with Crippen LogP contribution in [0, 0.1) is 0 Å². The van der Waals surface area contributed by atoms with Gasteiger partial charge in [0.2, 0.25) is 5.91 Å². The average molecular weight is 278 g/mol. The number of aliphatic hydroxyl groups excluding tert-OH is 1. The second-order valence-electron chi connectivity index (χ2n) is 5.28. The van der Waals surface area contributed by atoms with E-state index in [1.165, 1.54) is 0 Å². The molecule has 1 atom stereocenters. The van der Waals surface area contributed by atoms with Crippen LogP contribution in [0.15, 0.2) is 24.3 Å². The van der Waals surface area contributed by atoms with E-state index in [4.69, 9.17) is 4.74 Å². The molecule has 1 N–H and O–H groups in total. The molecule has 5 nitrogen and oxygen atoms in total. The first kappa shape index (κ1) is 14.8. The van der Waals surface area contributed by atoms with Gasteiger partial charge in [0, 0.05) is 26.7 Å². The number of hydrogen-bond acceptors (Lipinski definition) is 4. The second-order valence-corrected chi connectivity index (χ2v) is 5.28. The Labute approximate surface area is 119 Å². The number of nitrogens with zero attached hydrogens (tertiary/aromatic N) is 2. The van der Waals surface area contributed by atoms with E-state index in [2.05, 4.69) is 0 Å². The maximum absolute atomic E-state index is 12.1. The van der Waals surface area contributed by atoms with Gasteiger partial charge in [-0.3, -0.25) is 9.69 Å². The van der Waals surface area contributed by atoms with Crippen LogP contribution in [0.5, 0.6) is 5.75 Å². The lowest BCUT2D eigenvalue weighted by molar-refractivity contribution is -0.131. The lowest BCUT2D eigenvalue weighted by Gasteiger charge is -2.21. The summed E-state index contributed by atoms with van der Waals surface area (Å²) >= 11 is 0. The summed E-state index contributed by atoms with van der Waals surface area (Å²) in [7, 11) is 3.44. The summed E-state index contributed by atoms with van der Waals surface area (Å²) in [6.07, 6.45) is 0.477. The zero-order valence-electron chi connectivity index (χ0n) is 12.1. The van der Waals surface area contributed by atoms with Gasteiger partial charge in [0.1, 0.15) is 5.75 Å². The number of carbonyl (C=O) groups is 1. The first-order valence-electron chi connectivity index (χ1n) is 6.86. The van der Waals surface area contributed by atoms with E-state index in [0.29, 0.717) is 19.6 Å². The van der Waals surface area contributed by atoms with Crippen molar-refractivity contribution in [1.82, 2.24) is 9.80 Å². The molecule has 20 heavy (non-hydrogen) atoms. The molecule has 2 rings (SSSR count). The predicted molar refractivity (Wildman–Crippen MR) is 76.5 cm³/mol. The van der Waals surface area contributed by atoms with Crippen LogP contribution < -0.4 is 4.74 Å². The number of likely N-dealkylation sites (tertiary alicyclic amines) is 1. The normalized spacial score (nSPS) is 19.1. The van der Waals surface area contributed by atoms with Crippen molar-refractivity contribution in [2.45, 2.75) is 19.1 Å². The summed E-state index contributed by atoms with van der Waals surface area (Å²) in [4.78, 5) is 15.8. The molecule has 0 unspecified atom stereocenters. The first-order chi connectivity index (χ1) is 9.58. The smallest absolute Gasteiger partial charge is 0.236 e. The van der Waals surface area contributed by atoms with Crippen molar-refractivity contribution in [2.75, 3.05) is 33.8 Å². The molecule has 0 aliphatic carbocycles. The van der Waals surface area contributed by atoms with Gasteiger partial charge in [-0.25, -0.2) is 0 Å². The Morgan fingerprint density at radius 2 is 2.15 bits per heavy atom. The second kappa shape index (κ2) is 6.72. The number of ether oxygens (including phenoxy) is 1. The standard InChI is InChI=1S/C15H22N2O3/c1-16(9-12-3-5-14(20-2)6-4-12)15(19)11-17-8-7-13(18)10-17/h3-6,13,18H,7-11H2,1-2H3/t13-/m1/s1. The predicted octanol–water partition coefficient (Wildman–Crippen LogP) is 0.720. The van der Waals surface area contributed by atoms with Crippen LogP contribution in [0.3, 0.4) is 0 Å². The fourth-order valence-electron chi connectivity index (χ4n) is 2.36. The fourth-order valence-corrected chi connectivity index (χ4v) is 2.36. The van der Waals surface area contributed by atoms with Gasteiger partial charge in [0.05, 0.1) is 19.8 Å². The third-order valence-corrected chi connectivity index (χ3v) is 3.61. The summed E-state index contributed by atoms with van der Waals surface area (Å²) in [6.45, 7) is 2.36. The number of methoxy groups -OCH3 is 1. The van der Waals surface area contributed by atoms with Crippen LogP contribution in [0.25, 0.3) is 0 Å². The minimum absolute atomic E-state index is 0.0786. The summed E-state index contributed by atoms with van der Waals surface area (Å²) in [6, 6.07) is 7.71. The molecule has 1 aromatic carbocycles. The van der Waals surface area contributed by atoms with Gasteiger partial charge in [0.15, 0.2) is 0 Å². The summed E-state index contributed by atoms with van der Waals surface area (Å²) in [5.74, 6) is 0.892. The number of hydrogen-bond donors (Lipinski definition) is 1. The highest BCUT2D eigenvalue weighted by atomic mass is 16.5. The molecule has 110 valence electrons. The van der Waals surface area contributed by atoms with E-state index < -0.39 is 0 Å². The molecule has 1 fully saturated rings. The first-order valence-corrected chi connectivity index (χ1v) is 6.86. The largest absolute Gasteiger partial charge is 0.497 e. The summed E-state index contributed by atoms with van der Waals surface area (Å²) in [5, 5.41) is 9.46. The van der Waals surface area contributed by atoms with Crippen molar-refractivity contribution in [3.8, 4) is 5.75 Å². The van der Waals surface area contributed by atoms with E-state index in [-0.39, 0.29) is 12.0 Å². The third-order valence-electron chi connectivity index (χ3n) is 3.61. The Hall–Kier alpha value is -1.59. The van der Waals surface area contributed by atoms with Crippen molar-refractivity contribution < 1.29 is 14.6 Å². The van der Waals surface area contributed by atoms with Gasteiger partial charge in [0.25, 0.3) is 0 Å². The number of benzene rings is 1. The van der Waals surface area contributed by atoms with Crippen molar-refractivity contribution >= 4 is 5.91 Å². The molecule has 1 heterocycles. The van der Waals surface area contributed by atoms with Gasteiger partial charge >= 0.3 is 0 Å². The number of likely N-dealkylation sites (N-methyl/N-ethyl adjacent to an activating group) is 1. The van der Waals surface area contributed by atoms with Crippen molar-refractivity contribution in [3.05, 3.63) is 29.8 Å². The maximum atomic E-state index is 12.1. The van der Waals surface area contributed by atoms with Crippen LogP contribution in [0.2, 0.25) is 0 Å². The monoisotopic (exact) mass is 278 g/mol. The third kappa shape index (κ3) is 3.95. The highest BCUT2D eigenvalue weighted by Gasteiger charge is 2.23. The van der Waals surface area contributed by atoms with Gasteiger partial charge in [-0.1, -0.05) is 12.1 Å². The minimum atomic E-state index is -0.283. The lowest BCUT2D eigenvalue weighted by atomic mass is 10.2. The molecule has 0 bridgehead atoms. The molecule has 0 saturated carbocycles. The Morgan fingerprint density at radius 1 is 1.45 bits per heavy atom. The molecule has 1 amide bonds. The molecular weight excluding hydrogens is 256 g/mol. The van der Waals surface area contributed by atoms with Crippen LogP contribution >= 0.6 is 0 Å². The SMILES string of the molecule is COc1ccc(CN(C)C(=O)CN2CC[C@@H](O)C2)cc1. The Morgan fingerprint density at radius 3 is 2.70 bits per heavy atom. The molecule has 1 aliphatic rings.